The molecule has 0 saturated carbocycles. The summed E-state index contributed by atoms with van der Waals surface area (Å²) in [5, 5.41) is 1.11. The first kappa shape index (κ1) is 7.10. The van der Waals surface area contributed by atoms with Crippen molar-refractivity contribution in [3.63, 3.8) is 0 Å². The van der Waals surface area contributed by atoms with Crippen LogP contribution in [-0.2, 0) is 0 Å². The van der Waals surface area contributed by atoms with Crippen molar-refractivity contribution in [3.8, 4) is 0 Å². The number of hydrogen-bond donors (Lipinski definition) is 1. The van der Waals surface area contributed by atoms with E-state index in [0.717, 1.165) is 10.9 Å². The Kier molecular flexibility index (Phi) is 1.47. The zero-order valence-corrected chi connectivity index (χ0v) is 6.79. The van der Waals surface area contributed by atoms with Crippen LogP contribution in [0.1, 0.15) is 5.56 Å². The Labute approximate surface area is 69.9 Å². The zero-order valence-electron chi connectivity index (χ0n) is 6.79. The highest BCUT2D eigenvalue weighted by Crippen LogP contribution is 2.13. The van der Waals surface area contributed by atoms with Crippen LogP contribution in [0.15, 0.2) is 35.1 Å². The molecule has 0 atom stereocenters. The topological polar surface area (TPSA) is 32.9 Å². The molecule has 0 radical (unpaired) electrons. The Morgan fingerprint density at radius 2 is 2.00 bits per heavy atom. The van der Waals surface area contributed by atoms with Gasteiger partial charge in [-0.15, -0.1) is 0 Å². The predicted molar refractivity (Wildman–Crippen MR) is 49.3 cm³/mol. The third-order valence-electron chi connectivity index (χ3n) is 1.98. The molecule has 2 aromatic rings. The monoisotopic (exact) mass is 159 g/mol. The average Bonchev–Trinajstić information content (AvgIpc) is 2.04. The Bertz CT molecular complexity index is 470. The van der Waals surface area contributed by atoms with Gasteiger partial charge in [0.05, 0.1) is 0 Å². The smallest absolute Gasteiger partial charge is 0.248 e. The molecular formula is C10H9NO. The number of aromatic nitrogens is 1. The van der Waals surface area contributed by atoms with Gasteiger partial charge in [-0.1, -0.05) is 12.1 Å². The standard InChI is InChI=1S/C10H9NO/c1-7-3-2-4-9-8(7)5-6-10(12)11-9/h2-6H,1H3,(H,11,12). The summed E-state index contributed by atoms with van der Waals surface area (Å²) in [6.45, 7) is 2.03. The van der Waals surface area contributed by atoms with Gasteiger partial charge in [-0.25, -0.2) is 0 Å². The van der Waals surface area contributed by atoms with E-state index in [1.807, 2.05) is 31.2 Å². The number of nitrogens with one attached hydrogen (secondary N) is 1. The van der Waals surface area contributed by atoms with Crippen molar-refractivity contribution in [1.29, 1.82) is 0 Å². The fraction of sp³-hybridized carbons (Fsp3) is 0.100. The second-order valence-corrected chi connectivity index (χ2v) is 2.86. The molecule has 0 amide bonds. The van der Waals surface area contributed by atoms with Crippen molar-refractivity contribution in [2.45, 2.75) is 6.92 Å². The Hall–Kier alpha value is -1.57. The quantitative estimate of drug-likeness (QED) is 0.625. The number of fused-ring (bicyclic) bond motifs is 1. The van der Waals surface area contributed by atoms with Gasteiger partial charge < -0.3 is 4.98 Å². The number of pyridine rings is 1. The lowest BCUT2D eigenvalue weighted by Gasteiger charge is -1.98. The van der Waals surface area contributed by atoms with E-state index in [-0.39, 0.29) is 5.56 Å². The van der Waals surface area contributed by atoms with Crippen LogP contribution in [0.2, 0.25) is 0 Å². The molecule has 60 valence electrons. The van der Waals surface area contributed by atoms with Crippen LogP contribution >= 0.6 is 0 Å². The van der Waals surface area contributed by atoms with Gasteiger partial charge >= 0.3 is 0 Å². The van der Waals surface area contributed by atoms with Crippen molar-refractivity contribution in [2.24, 2.45) is 0 Å². The molecule has 2 nitrogen and oxygen atoms in total. The highest BCUT2D eigenvalue weighted by atomic mass is 16.1. The number of rotatable bonds is 0. The molecule has 0 spiro atoms. The summed E-state index contributed by atoms with van der Waals surface area (Å²) in [6, 6.07) is 9.27. The van der Waals surface area contributed by atoms with Crippen LogP contribution in [0.4, 0.5) is 0 Å². The number of aromatic amines is 1. The largest absolute Gasteiger partial charge is 0.322 e. The minimum Gasteiger partial charge on any atom is -0.322 e. The maximum Gasteiger partial charge on any atom is 0.248 e. The summed E-state index contributed by atoms with van der Waals surface area (Å²) in [6.07, 6.45) is 0. The summed E-state index contributed by atoms with van der Waals surface area (Å²) in [4.78, 5) is 13.7. The van der Waals surface area contributed by atoms with Gasteiger partial charge in [0.2, 0.25) is 5.56 Å². The Balaban J connectivity index is 2.96. The van der Waals surface area contributed by atoms with Crippen molar-refractivity contribution in [2.75, 3.05) is 0 Å². The van der Waals surface area contributed by atoms with E-state index in [2.05, 4.69) is 4.98 Å². The molecule has 0 aliphatic rings. The van der Waals surface area contributed by atoms with Gasteiger partial charge in [0, 0.05) is 17.0 Å². The normalized spacial score (nSPS) is 10.4. The molecular weight excluding hydrogens is 150 g/mol. The zero-order chi connectivity index (χ0) is 8.55. The first-order valence-corrected chi connectivity index (χ1v) is 3.86. The Morgan fingerprint density at radius 3 is 2.83 bits per heavy atom. The van der Waals surface area contributed by atoms with E-state index < -0.39 is 0 Å². The van der Waals surface area contributed by atoms with E-state index >= 15 is 0 Å². The highest BCUT2D eigenvalue weighted by molar-refractivity contribution is 5.81. The molecule has 12 heavy (non-hydrogen) atoms. The second-order valence-electron chi connectivity index (χ2n) is 2.86. The summed E-state index contributed by atoms with van der Waals surface area (Å²) in [7, 11) is 0. The van der Waals surface area contributed by atoms with Gasteiger partial charge in [-0.3, -0.25) is 4.79 Å². The van der Waals surface area contributed by atoms with Crippen molar-refractivity contribution in [1.82, 2.24) is 4.98 Å². The lowest BCUT2D eigenvalue weighted by molar-refractivity contribution is 1.30. The van der Waals surface area contributed by atoms with Crippen molar-refractivity contribution in [3.05, 3.63) is 46.2 Å². The van der Waals surface area contributed by atoms with Crippen LogP contribution in [-0.4, -0.2) is 4.98 Å². The van der Waals surface area contributed by atoms with E-state index in [1.165, 1.54) is 5.56 Å². The molecule has 1 aromatic heterocycles. The Morgan fingerprint density at radius 1 is 1.17 bits per heavy atom. The summed E-state index contributed by atoms with van der Waals surface area (Å²) in [5.41, 5.74) is 2.04. The molecule has 2 rings (SSSR count). The number of H-pyrrole nitrogens is 1. The van der Waals surface area contributed by atoms with Crippen molar-refractivity contribution >= 4 is 10.9 Å². The molecule has 0 aliphatic heterocycles. The SMILES string of the molecule is Cc1cccc2[nH]c(=O)ccc12. The average molecular weight is 159 g/mol. The highest BCUT2D eigenvalue weighted by Gasteiger charge is 1.95. The molecule has 0 aliphatic carbocycles. The van der Waals surface area contributed by atoms with Crippen LogP contribution in [0.5, 0.6) is 0 Å². The van der Waals surface area contributed by atoms with Gasteiger partial charge in [0.25, 0.3) is 0 Å². The predicted octanol–water partition coefficient (Wildman–Crippen LogP) is 1.84. The van der Waals surface area contributed by atoms with E-state index in [4.69, 9.17) is 0 Å². The van der Waals surface area contributed by atoms with Crippen LogP contribution in [0.25, 0.3) is 10.9 Å². The lowest BCUT2D eigenvalue weighted by Crippen LogP contribution is -2.02. The van der Waals surface area contributed by atoms with Crippen LogP contribution < -0.4 is 5.56 Å². The molecule has 0 unspecified atom stereocenters. The van der Waals surface area contributed by atoms with Crippen LogP contribution in [0.3, 0.4) is 0 Å². The molecule has 1 N–H and O–H groups in total. The third-order valence-corrected chi connectivity index (χ3v) is 1.98. The van der Waals surface area contributed by atoms with Gasteiger partial charge in [-0.2, -0.15) is 0 Å². The third kappa shape index (κ3) is 1.01. The van der Waals surface area contributed by atoms with E-state index in [9.17, 15) is 4.79 Å². The maximum absolute atomic E-state index is 10.9. The lowest BCUT2D eigenvalue weighted by atomic mass is 10.1. The van der Waals surface area contributed by atoms with Gasteiger partial charge in [0.1, 0.15) is 0 Å². The molecule has 0 bridgehead atoms. The maximum atomic E-state index is 10.9. The van der Waals surface area contributed by atoms with Crippen molar-refractivity contribution < 1.29 is 0 Å². The molecule has 1 aromatic carbocycles. The van der Waals surface area contributed by atoms with Crippen LogP contribution in [0, 0.1) is 6.92 Å². The number of benzene rings is 1. The first-order chi connectivity index (χ1) is 5.77. The fourth-order valence-electron chi connectivity index (χ4n) is 1.34. The van der Waals surface area contributed by atoms with E-state index in [1.54, 1.807) is 6.07 Å². The number of aryl methyl sites for hydroxylation is 1. The fourth-order valence-corrected chi connectivity index (χ4v) is 1.34. The second kappa shape index (κ2) is 2.48. The minimum atomic E-state index is -0.0481. The minimum absolute atomic E-state index is 0.0481. The van der Waals surface area contributed by atoms with E-state index in [0.29, 0.717) is 0 Å². The summed E-state index contributed by atoms with van der Waals surface area (Å²) >= 11 is 0. The molecule has 0 saturated heterocycles. The summed E-state index contributed by atoms with van der Waals surface area (Å²) < 4.78 is 0. The number of hydrogen-bond acceptors (Lipinski definition) is 1. The molecule has 2 heteroatoms. The molecule has 0 fully saturated rings. The first-order valence-electron chi connectivity index (χ1n) is 3.86. The summed E-state index contributed by atoms with van der Waals surface area (Å²) in [5.74, 6) is 0. The van der Waals surface area contributed by atoms with Gasteiger partial charge in [0.15, 0.2) is 0 Å². The van der Waals surface area contributed by atoms with Gasteiger partial charge in [-0.05, 0) is 24.6 Å². The molecule has 1 heterocycles.